The van der Waals surface area contributed by atoms with Gasteiger partial charge in [0.05, 0.1) is 12.1 Å². The van der Waals surface area contributed by atoms with Crippen molar-refractivity contribution in [3.05, 3.63) is 35.9 Å². The third kappa shape index (κ3) is 2.82. The molecule has 2 N–H and O–H groups in total. The Morgan fingerprint density at radius 3 is 2.36 bits per heavy atom. The van der Waals surface area contributed by atoms with Gasteiger partial charge in [-0.15, -0.1) is 0 Å². The van der Waals surface area contributed by atoms with Crippen LogP contribution in [0.4, 0.5) is 0 Å². The van der Waals surface area contributed by atoms with Crippen molar-refractivity contribution in [2.24, 2.45) is 5.73 Å². The van der Waals surface area contributed by atoms with Crippen LogP contribution in [0.1, 0.15) is 31.9 Å². The fourth-order valence-corrected chi connectivity index (χ4v) is 1.58. The van der Waals surface area contributed by atoms with E-state index in [9.17, 15) is 0 Å². The van der Waals surface area contributed by atoms with E-state index in [1.54, 1.807) is 0 Å². The Kier molecular flexibility index (Phi) is 4.63. The minimum absolute atomic E-state index is 0.0128. The molecule has 0 bridgehead atoms. The Morgan fingerprint density at radius 2 is 1.86 bits per heavy atom. The largest absolute Gasteiger partial charge is 0.377 e. The van der Waals surface area contributed by atoms with Crippen LogP contribution in [-0.4, -0.2) is 12.7 Å². The van der Waals surface area contributed by atoms with Gasteiger partial charge in [0, 0.05) is 6.61 Å². The molecule has 0 radical (unpaired) electrons. The van der Waals surface area contributed by atoms with Crippen LogP contribution < -0.4 is 5.73 Å². The number of hydrogen-bond acceptors (Lipinski definition) is 2. The maximum atomic E-state index is 6.11. The maximum Gasteiger partial charge on any atom is 0.0764 e. The second-order valence-electron chi connectivity index (χ2n) is 3.34. The van der Waals surface area contributed by atoms with Gasteiger partial charge in [0.2, 0.25) is 0 Å². The zero-order valence-electron chi connectivity index (χ0n) is 8.94. The quantitative estimate of drug-likeness (QED) is 0.779. The summed E-state index contributed by atoms with van der Waals surface area (Å²) < 4.78 is 5.58. The summed E-state index contributed by atoms with van der Waals surface area (Å²) in [6, 6.07) is 10.1. The minimum Gasteiger partial charge on any atom is -0.377 e. The van der Waals surface area contributed by atoms with Crippen molar-refractivity contribution in [3.63, 3.8) is 0 Å². The van der Waals surface area contributed by atoms with Crippen molar-refractivity contribution in [2.45, 2.75) is 32.4 Å². The molecule has 1 aromatic carbocycles. The Hall–Kier alpha value is -0.860. The van der Waals surface area contributed by atoms with E-state index in [1.807, 2.05) is 37.3 Å². The van der Waals surface area contributed by atoms with Gasteiger partial charge in [0.15, 0.2) is 0 Å². The molecule has 0 saturated heterocycles. The Labute approximate surface area is 86.1 Å². The second-order valence-corrected chi connectivity index (χ2v) is 3.34. The summed E-state index contributed by atoms with van der Waals surface area (Å²) in [6.07, 6.45) is 1.08. The van der Waals surface area contributed by atoms with Crippen molar-refractivity contribution in [1.29, 1.82) is 0 Å². The molecule has 0 spiro atoms. The summed E-state index contributed by atoms with van der Waals surface area (Å²) in [7, 11) is 0. The van der Waals surface area contributed by atoms with Crippen LogP contribution in [0, 0.1) is 0 Å². The molecule has 0 saturated carbocycles. The van der Waals surface area contributed by atoms with Crippen LogP contribution >= 0.6 is 0 Å². The average molecular weight is 193 g/mol. The summed E-state index contributed by atoms with van der Waals surface area (Å²) in [4.78, 5) is 0. The molecular weight excluding hydrogens is 174 g/mol. The van der Waals surface area contributed by atoms with Crippen molar-refractivity contribution in [3.8, 4) is 0 Å². The van der Waals surface area contributed by atoms with Crippen LogP contribution in [0.2, 0.25) is 0 Å². The van der Waals surface area contributed by atoms with Crippen LogP contribution in [0.5, 0.6) is 0 Å². The summed E-state index contributed by atoms with van der Waals surface area (Å²) in [5.41, 5.74) is 7.26. The third-order valence-corrected chi connectivity index (χ3v) is 2.37. The number of nitrogens with two attached hydrogens (primary N) is 1. The molecule has 0 heterocycles. The molecular formula is C12H19NO. The van der Waals surface area contributed by atoms with E-state index in [-0.39, 0.29) is 12.1 Å². The standard InChI is InChI=1S/C12H19NO/c1-3-11(14-4-2)12(13)10-8-6-5-7-9-10/h5-9,11-12H,3-4,13H2,1-2H3. The summed E-state index contributed by atoms with van der Waals surface area (Å²) in [5, 5.41) is 0. The van der Waals surface area contributed by atoms with Crippen molar-refractivity contribution in [1.82, 2.24) is 0 Å². The smallest absolute Gasteiger partial charge is 0.0764 e. The summed E-state index contributed by atoms with van der Waals surface area (Å²) >= 11 is 0. The van der Waals surface area contributed by atoms with Gasteiger partial charge >= 0.3 is 0 Å². The predicted octanol–water partition coefficient (Wildman–Crippen LogP) is 2.50. The molecule has 2 unspecified atom stereocenters. The van der Waals surface area contributed by atoms with Gasteiger partial charge in [0.1, 0.15) is 0 Å². The normalized spacial score (nSPS) is 15.1. The highest BCUT2D eigenvalue weighted by Gasteiger charge is 2.17. The molecule has 78 valence electrons. The van der Waals surface area contributed by atoms with Crippen LogP contribution in [0.15, 0.2) is 30.3 Å². The number of rotatable bonds is 5. The SMILES string of the molecule is CCOC(CC)C(N)c1ccccc1. The highest BCUT2D eigenvalue weighted by Crippen LogP contribution is 2.18. The molecule has 0 fully saturated rings. The van der Waals surface area contributed by atoms with Crippen molar-refractivity contribution in [2.75, 3.05) is 6.61 Å². The number of ether oxygens (including phenoxy) is 1. The molecule has 0 aliphatic heterocycles. The topological polar surface area (TPSA) is 35.2 Å². The molecule has 0 aliphatic rings. The average Bonchev–Trinajstić information content (AvgIpc) is 2.26. The Bertz CT molecular complexity index is 248. The van der Waals surface area contributed by atoms with Gasteiger partial charge in [-0.1, -0.05) is 37.3 Å². The second kappa shape index (κ2) is 5.78. The van der Waals surface area contributed by atoms with Crippen LogP contribution in [0.3, 0.4) is 0 Å². The lowest BCUT2D eigenvalue weighted by atomic mass is 10.0. The van der Waals surface area contributed by atoms with Crippen LogP contribution in [-0.2, 0) is 4.74 Å². The lowest BCUT2D eigenvalue weighted by Crippen LogP contribution is -2.28. The molecule has 2 heteroatoms. The fourth-order valence-electron chi connectivity index (χ4n) is 1.58. The predicted molar refractivity (Wildman–Crippen MR) is 59.1 cm³/mol. The highest BCUT2D eigenvalue weighted by atomic mass is 16.5. The summed E-state index contributed by atoms with van der Waals surface area (Å²) in [6.45, 7) is 4.82. The third-order valence-electron chi connectivity index (χ3n) is 2.37. The van der Waals surface area contributed by atoms with E-state index in [1.165, 1.54) is 0 Å². The van der Waals surface area contributed by atoms with E-state index >= 15 is 0 Å². The molecule has 14 heavy (non-hydrogen) atoms. The van der Waals surface area contributed by atoms with E-state index in [4.69, 9.17) is 10.5 Å². The Balaban J connectivity index is 2.67. The summed E-state index contributed by atoms with van der Waals surface area (Å²) in [5.74, 6) is 0. The van der Waals surface area contributed by atoms with E-state index < -0.39 is 0 Å². The molecule has 1 rings (SSSR count). The van der Waals surface area contributed by atoms with Gasteiger partial charge in [-0.25, -0.2) is 0 Å². The maximum absolute atomic E-state index is 6.11. The Morgan fingerprint density at radius 1 is 1.21 bits per heavy atom. The van der Waals surface area contributed by atoms with Gasteiger partial charge in [0.25, 0.3) is 0 Å². The number of hydrogen-bond donors (Lipinski definition) is 1. The molecule has 0 aromatic heterocycles. The first-order chi connectivity index (χ1) is 6.79. The first kappa shape index (κ1) is 11.2. The van der Waals surface area contributed by atoms with E-state index in [0.29, 0.717) is 0 Å². The van der Waals surface area contributed by atoms with Crippen molar-refractivity contribution < 1.29 is 4.74 Å². The van der Waals surface area contributed by atoms with Gasteiger partial charge in [-0.2, -0.15) is 0 Å². The lowest BCUT2D eigenvalue weighted by Gasteiger charge is -2.22. The van der Waals surface area contributed by atoms with Crippen molar-refractivity contribution >= 4 is 0 Å². The lowest BCUT2D eigenvalue weighted by molar-refractivity contribution is 0.0413. The molecule has 1 aromatic rings. The zero-order valence-corrected chi connectivity index (χ0v) is 8.94. The fraction of sp³-hybridized carbons (Fsp3) is 0.500. The minimum atomic E-state index is -0.0128. The highest BCUT2D eigenvalue weighted by molar-refractivity contribution is 5.19. The molecule has 0 aliphatic carbocycles. The van der Waals surface area contributed by atoms with Gasteiger partial charge < -0.3 is 10.5 Å². The van der Waals surface area contributed by atoms with E-state index in [0.717, 1.165) is 18.6 Å². The monoisotopic (exact) mass is 193 g/mol. The first-order valence-corrected chi connectivity index (χ1v) is 5.21. The molecule has 2 nitrogen and oxygen atoms in total. The van der Waals surface area contributed by atoms with Crippen LogP contribution in [0.25, 0.3) is 0 Å². The zero-order chi connectivity index (χ0) is 10.4. The van der Waals surface area contributed by atoms with E-state index in [2.05, 4.69) is 6.92 Å². The molecule has 2 atom stereocenters. The van der Waals surface area contributed by atoms with Gasteiger partial charge in [-0.3, -0.25) is 0 Å². The molecule has 0 amide bonds. The van der Waals surface area contributed by atoms with Gasteiger partial charge in [-0.05, 0) is 18.9 Å². The first-order valence-electron chi connectivity index (χ1n) is 5.21. The number of benzene rings is 1.